The molecule has 1 aliphatic heterocycles. The fourth-order valence-corrected chi connectivity index (χ4v) is 3.58. The second kappa shape index (κ2) is 8.08. The number of primary amides is 1. The first-order chi connectivity index (χ1) is 12.4. The number of hydrogen-bond donors (Lipinski definition) is 1. The van der Waals surface area contributed by atoms with E-state index in [0.717, 1.165) is 0 Å². The summed E-state index contributed by atoms with van der Waals surface area (Å²) in [7, 11) is 0. The zero-order chi connectivity index (χ0) is 20.4. The quantitative estimate of drug-likeness (QED) is 0.689. The highest BCUT2D eigenvalue weighted by Gasteiger charge is 2.43. The average molecular weight is 448 g/mol. The van der Waals surface area contributed by atoms with Crippen LogP contribution in [0.5, 0.6) is 0 Å². The molecule has 1 aliphatic rings. The van der Waals surface area contributed by atoms with Crippen molar-refractivity contribution in [2.75, 3.05) is 6.54 Å². The van der Waals surface area contributed by atoms with E-state index in [1.807, 2.05) is 0 Å². The van der Waals surface area contributed by atoms with Gasteiger partial charge in [-0.05, 0) is 67.6 Å². The molecule has 2 rings (SSSR count). The SMILES string of the molecule is Cc1cnc(Br)cc1C(=O)N1CC(F)(F)CC[C@H]1CCC(C)(C)OC(N)=O. The lowest BCUT2D eigenvalue weighted by Gasteiger charge is -2.40. The number of nitrogens with two attached hydrogens (primary N) is 1. The Kier molecular flexibility index (Phi) is 6.44. The van der Waals surface area contributed by atoms with Gasteiger partial charge in [0.15, 0.2) is 0 Å². The van der Waals surface area contributed by atoms with Gasteiger partial charge in [-0.15, -0.1) is 0 Å². The fourth-order valence-electron chi connectivity index (χ4n) is 3.25. The monoisotopic (exact) mass is 447 g/mol. The standard InChI is InChI=1S/C18H24BrF2N3O3/c1-11-9-23-14(19)8-13(11)15(25)24-10-18(20,21)7-5-12(24)4-6-17(2,3)27-16(22)26/h8-9,12H,4-7,10H2,1-3H3,(H2,22,26)/t12-/m1/s1. The molecule has 0 radical (unpaired) electrons. The fraction of sp³-hybridized carbons (Fsp3) is 0.611. The lowest BCUT2D eigenvalue weighted by Crippen LogP contribution is -2.52. The molecule has 1 atom stereocenters. The number of halogens is 3. The molecule has 0 unspecified atom stereocenters. The zero-order valence-electron chi connectivity index (χ0n) is 15.6. The van der Waals surface area contributed by atoms with E-state index in [1.54, 1.807) is 26.8 Å². The van der Waals surface area contributed by atoms with Crippen LogP contribution in [0.2, 0.25) is 0 Å². The predicted molar refractivity (Wildman–Crippen MR) is 99.7 cm³/mol. The third-order valence-electron chi connectivity index (χ3n) is 4.70. The summed E-state index contributed by atoms with van der Waals surface area (Å²) < 4.78 is 33.6. The van der Waals surface area contributed by atoms with E-state index < -0.39 is 30.1 Å². The molecular formula is C18H24BrF2N3O3. The Hall–Kier alpha value is -1.77. The Morgan fingerprint density at radius 2 is 2.15 bits per heavy atom. The van der Waals surface area contributed by atoms with Crippen LogP contribution >= 0.6 is 15.9 Å². The number of aryl methyl sites for hydroxylation is 1. The predicted octanol–water partition coefficient (Wildman–Crippen LogP) is 4.05. The van der Waals surface area contributed by atoms with Crippen LogP contribution in [-0.2, 0) is 4.74 Å². The zero-order valence-corrected chi connectivity index (χ0v) is 17.2. The van der Waals surface area contributed by atoms with Crippen molar-refractivity contribution in [3.8, 4) is 0 Å². The minimum atomic E-state index is -2.93. The van der Waals surface area contributed by atoms with Crippen LogP contribution in [0.15, 0.2) is 16.9 Å². The van der Waals surface area contributed by atoms with Gasteiger partial charge in [0.2, 0.25) is 0 Å². The van der Waals surface area contributed by atoms with E-state index in [9.17, 15) is 18.4 Å². The molecule has 1 fully saturated rings. The molecule has 2 heterocycles. The molecule has 0 aliphatic carbocycles. The van der Waals surface area contributed by atoms with Crippen molar-refractivity contribution in [3.63, 3.8) is 0 Å². The van der Waals surface area contributed by atoms with Crippen molar-refractivity contribution in [2.24, 2.45) is 5.73 Å². The first-order valence-electron chi connectivity index (χ1n) is 8.70. The number of carbonyl (C=O) groups is 2. The van der Waals surface area contributed by atoms with Gasteiger partial charge in [-0.1, -0.05) is 0 Å². The number of pyridine rings is 1. The highest BCUT2D eigenvalue weighted by Crippen LogP contribution is 2.34. The lowest BCUT2D eigenvalue weighted by molar-refractivity contribution is -0.0756. The van der Waals surface area contributed by atoms with Gasteiger partial charge < -0.3 is 15.4 Å². The Morgan fingerprint density at radius 1 is 1.48 bits per heavy atom. The molecule has 1 aromatic rings. The van der Waals surface area contributed by atoms with Gasteiger partial charge in [0, 0.05) is 24.2 Å². The second-order valence-electron chi connectivity index (χ2n) is 7.52. The normalized spacial score (nSPS) is 19.6. The van der Waals surface area contributed by atoms with Crippen LogP contribution < -0.4 is 5.73 Å². The van der Waals surface area contributed by atoms with Crippen molar-refractivity contribution in [1.29, 1.82) is 0 Å². The van der Waals surface area contributed by atoms with Crippen molar-refractivity contribution < 1.29 is 23.1 Å². The molecule has 27 heavy (non-hydrogen) atoms. The summed E-state index contributed by atoms with van der Waals surface area (Å²) in [5.41, 5.74) is 5.19. The second-order valence-corrected chi connectivity index (χ2v) is 8.34. The molecule has 0 aromatic carbocycles. The molecule has 1 saturated heterocycles. The third-order valence-corrected chi connectivity index (χ3v) is 5.14. The van der Waals surface area contributed by atoms with Gasteiger partial charge in [0.1, 0.15) is 10.2 Å². The molecule has 9 heteroatoms. The van der Waals surface area contributed by atoms with Crippen molar-refractivity contribution in [3.05, 3.63) is 28.0 Å². The van der Waals surface area contributed by atoms with E-state index in [1.165, 1.54) is 11.1 Å². The van der Waals surface area contributed by atoms with Crippen molar-refractivity contribution in [2.45, 2.75) is 64.0 Å². The Bertz CT molecular complexity index is 728. The molecule has 2 amide bonds. The number of rotatable bonds is 5. The maximum absolute atomic E-state index is 14.0. The Balaban J connectivity index is 2.21. The first-order valence-corrected chi connectivity index (χ1v) is 9.49. The molecule has 0 saturated carbocycles. The van der Waals surface area contributed by atoms with E-state index in [0.29, 0.717) is 28.6 Å². The molecule has 0 bridgehead atoms. The summed E-state index contributed by atoms with van der Waals surface area (Å²) in [5.74, 6) is -3.38. The van der Waals surface area contributed by atoms with Gasteiger partial charge in [-0.3, -0.25) is 4.79 Å². The van der Waals surface area contributed by atoms with E-state index in [2.05, 4.69) is 20.9 Å². The van der Waals surface area contributed by atoms with Gasteiger partial charge in [-0.25, -0.2) is 18.6 Å². The number of nitrogens with zero attached hydrogens (tertiary/aromatic N) is 2. The Morgan fingerprint density at radius 3 is 2.78 bits per heavy atom. The lowest BCUT2D eigenvalue weighted by atomic mass is 9.90. The summed E-state index contributed by atoms with van der Waals surface area (Å²) >= 11 is 3.22. The summed E-state index contributed by atoms with van der Waals surface area (Å²) in [6.45, 7) is 4.48. The Labute approximate surface area is 165 Å². The van der Waals surface area contributed by atoms with Gasteiger partial charge in [0.25, 0.3) is 11.8 Å². The maximum atomic E-state index is 14.0. The van der Waals surface area contributed by atoms with E-state index in [4.69, 9.17) is 10.5 Å². The molecule has 150 valence electrons. The number of carbonyl (C=O) groups excluding carboxylic acids is 2. The number of hydrogen-bond acceptors (Lipinski definition) is 4. The number of aromatic nitrogens is 1. The number of ether oxygens (including phenoxy) is 1. The maximum Gasteiger partial charge on any atom is 0.405 e. The average Bonchev–Trinajstić information content (AvgIpc) is 2.53. The number of amides is 2. The van der Waals surface area contributed by atoms with Crippen LogP contribution in [0.3, 0.4) is 0 Å². The number of piperidine rings is 1. The van der Waals surface area contributed by atoms with Crippen LogP contribution in [0.4, 0.5) is 13.6 Å². The third kappa shape index (κ3) is 5.85. The number of likely N-dealkylation sites (tertiary alicyclic amines) is 1. The van der Waals surface area contributed by atoms with Crippen LogP contribution in [-0.4, -0.2) is 46.0 Å². The minimum Gasteiger partial charge on any atom is -0.444 e. The van der Waals surface area contributed by atoms with Gasteiger partial charge in [-0.2, -0.15) is 0 Å². The van der Waals surface area contributed by atoms with Gasteiger partial charge in [0.05, 0.1) is 6.54 Å². The topological polar surface area (TPSA) is 85.5 Å². The molecular weight excluding hydrogens is 424 g/mol. The smallest absolute Gasteiger partial charge is 0.405 e. The highest BCUT2D eigenvalue weighted by atomic mass is 79.9. The van der Waals surface area contributed by atoms with Crippen LogP contribution in [0.25, 0.3) is 0 Å². The largest absolute Gasteiger partial charge is 0.444 e. The highest BCUT2D eigenvalue weighted by molar-refractivity contribution is 9.10. The van der Waals surface area contributed by atoms with Gasteiger partial charge >= 0.3 is 6.09 Å². The molecule has 2 N–H and O–H groups in total. The summed E-state index contributed by atoms with van der Waals surface area (Å²) in [4.78, 5) is 29.3. The van der Waals surface area contributed by atoms with Crippen molar-refractivity contribution >= 4 is 27.9 Å². The first kappa shape index (κ1) is 21.5. The van der Waals surface area contributed by atoms with Crippen LogP contribution in [0, 0.1) is 6.92 Å². The van der Waals surface area contributed by atoms with Crippen LogP contribution in [0.1, 0.15) is 55.5 Å². The van der Waals surface area contributed by atoms with Crippen molar-refractivity contribution in [1.82, 2.24) is 9.88 Å². The summed E-state index contributed by atoms with van der Waals surface area (Å²) in [6, 6.07) is 1.17. The summed E-state index contributed by atoms with van der Waals surface area (Å²) in [5, 5.41) is 0. The molecule has 0 spiro atoms. The molecule has 6 nitrogen and oxygen atoms in total. The molecule has 1 aromatic heterocycles. The number of alkyl halides is 2. The van der Waals surface area contributed by atoms with E-state index in [-0.39, 0.29) is 18.9 Å². The minimum absolute atomic E-state index is 0.177. The summed E-state index contributed by atoms with van der Waals surface area (Å²) in [6.07, 6.45) is 1.36. The van der Waals surface area contributed by atoms with E-state index >= 15 is 0 Å².